The predicted octanol–water partition coefficient (Wildman–Crippen LogP) is 0.0234. The van der Waals surface area contributed by atoms with E-state index in [0.29, 0.717) is 0 Å². The van der Waals surface area contributed by atoms with E-state index in [1.807, 2.05) is 0 Å². The molecule has 0 saturated carbocycles. The first-order chi connectivity index (χ1) is 1.91. The molecule has 0 aromatic rings. The summed E-state index contributed by atoms with van der Waals surface area (Å²) in [6.45, 7) is 0. The van der Waals surface area contributed by atoms with Gasteiger partial charge in [-0.05, 0) is 0 Å². The van der Waals surface area contributed by atoms with Gasteiger partial charge in [-0.25, -0.2) is 12.6 Å². The molecule has 0 atom stereocenters. The normalized spacial score (nSPS) is 5.00. The topological polar surface area (TPSA) is 17.1 Å². The van der Waals surface area contributed by atoms with Crippen molar-refractivity contribution in [1.29, 1.82) is 0 Å². The molecule has 0 amide bonds. The molecule has 0 aromatic carbocycles. The van der Waals surface area contributed by atoms with Gasteiger partial charge in [0.25, 0.3) is 0 Å². The summed E-state index contributed by atoms with van der Waals surface area (Å²) in [6.07, 6.45) is 1.54. The Labute approximate surface area is 61.8 Å². The van der Waals surface area contributed by atoms with Gasteiger partial charge < -0.3 is 4.79 Å². The molecule has 0 bridgehead atoms. The fourth-order valence-corrected chi connectivity index (χ4v) is 0. The Morgan fingerprint density at radius 1 is 1.80 bits per heavy atom. The molecule has 0 aliphatic carbocycles. The number of carbonyl (C=O) groups excluding carboxylic acids is 1. The van der Waals surface area contributed by atoms with E-state index >= 15 is 0 Å². The average Bonchev–Trinajstić information content (AvgIpc) is 1.37. The smallest absolute Gasteiger partial charge is 0 e. The van der Waals surface area contributed by atoms with Crippen LogP contribution in [0, 0.1) is 0 Å². The van der Waals surface area contributed by atoms with Gasteiger partial charge in [0.05, 0.1) is 0 Å². The zero-order chi connectivity index (χ0) is 3.41. The molecule has 0 unspecified atom stereocenters. The minimum atomic E-state index is 0. The van der Waals surface area contributed by atoms with Crippen molar-refractivity contribution >= 4 is 18.9 Å². The standard InChI is InChI=1S/C2H3OS.Y/c3-1-2-4;/h4H,2H2;/q-1;. The van der Waals surface area contributed by atoms with Crippen molar-refractivity contribution in [2.75, 3.05) is 5.75 Å². The molecule has 0 rings (SSSR count). The van der Waals surface area contributed by atoms with Crippen LogP contribution in [-0.4, -0.2) is 12.0 Å². The summed E-state index contributed by atoms with van der Waals surface area (Å²) in [5.74, 6) is 0.208. The molecule has 0 spiro atoms. The fraction of sp³-hybridized carbons (Fsp3) is 0.500. The van der Waals surface area contributed by atoms with Crippen LogP contribution < -0.4 is 0 Å². The second-order valence-corrected chi connectivity index (χ2v) is 0.619. The van der Waals surface area contributed by atoms with Crippen molar-refractivity contribution < 1.29 is 37.5 Å². The van der Waals surface area contributed by atoms with Crippen molar-refractivity contribution in [1.82, 2.24) is 0 Å². The zero-order valence-electron chi connectivity index (χ0n) is 2.64. The first-order valence-electron chi connectivity index (χ1n) is 0.874. The van der Waals surface area contributed by atoms with Crippen LogP contribution in [0.5, 0.6) is 0 Å². The van der Waals surface area contributed by atoms with E-state index in [-0.39, 0.29) is 38.5 Å². The van der Waals surface area contributed by atoms with Crippen molar-refractivity contribution in [3.63, 3.8) is 0 Å². The summed E-state index contributed by atoms with van der Waals surface area (Å²) in [4.78, 5) is 8.97. The van der Waals surface area contributed by atoms with Crippen LogP contribution in [-0.2, 0) is 37.5 Å². The van der Waals surface area contributed by atoms with Gasteiger partial charge in [0.1, 0.15) is 0 Å². The molecule has 27 valence electrons. The number of rotatable bonds is 1. The number of hydrogen-bond acceptors (Lipinski definition) is 2. The number of thiol groups is 1. The maximum absolute atomic E-state index is 8.97. The molecule has 0 fully saturated rings. The average molecular weight is 164 g/mol. The van der Waals surface area contributed by atoms with Crippen LogP contribution in [0.2, 0.25) is 0 Å². The van der Waals surface area contributed by atoms with Crippen LogP contribution in [0.3, 0.4) is 0 Å². The summed E-state index contributed by atoms with van der Waals surface area (Å²) in [7, 11) is 0. The molecule has 0 aliphatic heterocycles. The quantitative estimate of drug-likeness (QED) is 0.427. The molecule has 0 heterocycles. The Balaban J connectivity index is 0. The van der Waals surface area contributed by atoms with E-state index in [4.69, 9.17) is 4.79 Å². The van der Waals surface area contributed by atoms with Gasteiger partial charge in [0.15, 0.2) is 0 Å². The SMILES string of the molecule is O=[C-]CS.[Y]. The van der Waals surface area contributed by atoms with Crippen molar-refractivity contribution in [2.24, 2.45) is 0 Å². The molecular formula is C2H3OSY-. The summed E-state index contributed by atoms with van der Waals surface area (Å²) in [5, 5.41) is 0. The molecule has 0 aromatic heterocycles. The first kappa shape index (κ1) is 9.45. The van der Waals surface area contributed by atoms with E-state index in [1.54, 1.807) is 6.29 Å². The molecule has 0 saturated heterocycles. The number of hydrogen-bond donors (Lipinski definition) is 1. The van der Waals surface area contributed by atoms with E-state index in [1.165, 1.54) is 0 Å². The van der Waals surface area contributed by atoms with Gasteiger partial charge in [-0.2, -0.15) is 0 Å². The van der Waals surface area contributed by atoms with Crippen molar-refractivity contribution in [3.05, 3.63) is 0 Å². The van der Waals surface area contributed by atoms with Crippen molar-refractivity contribution in [2.45, 2.75) is 0 Å². The van der Waals surface area contributed by atoms with Gasteiger partial charge >= 0.3 is 0 Å². The first-order valence-corrected chi connectivity index (χ1v) is 1.51. The van der Waals surface area contributed by atoms with Gasteiger partial charge in [-0.15, -0.1) is 5.75 Å². The summed E-state index contributed by atoms with van der Waals surface area (Å²) in [6, 6.07) is 0. The van der Waals surface area contributed by atoms with Crippen molar-refractivity contribution in [3.8, 4) is 0 Å². The summed E-state index contributed by atoms with van der Waals surface area (Å²) < 4.78 is 0. The third-order valence-electron chi connectivity index (χ3n) is 0.0645. The Morgan fingerprint density at radius 3 is 2.00 bits per heavy atom. The van der Waals surface area contributed by atoms with Crippen LogP contribution in [0.4, 0.5) is 0 Å². The van der Waals surface area contributed by atoms with E-state index in [9.17, 15) is 0 Å². The monoisotopic (exact) mass is 164 g/mol. The van der Waals surface area contributed by atoms with E-state index in [2.05, 4.69) is 12.6 Å². The largest absolute Gasteiger partial charge is 0.541 e. The summed E-state index contributed by atoms with van der Waals surface area (Å²) in [5.41, 5.74) is 0. The minimum Gasteiger partial charge on any atom is -0.541 e. The van der Waals surface area contributed by atoms with Gasteiger partial charge in [-0.3, -0.25) is 6.29 Å². The molecule has 0 aliphatic rings. The van der Waals surface area contributed by atoms with Gasteiger partial charge in [0.2, 0.25) is 0 Å². The minimum absolute atomic E-state index is 0. The third kappa shape index (κ3) is 11.1. The molecule has 5 heavy (non-hydrogen) atoms. The maximum atomic E-state index is 8.97. The second-order valence-electron chi connectivity index (χ2n) is 0.302. The van der Waals surface area contributed by atoms with Crippen LogP contribution in [0.25, 0.3) is 0 Å². The Morgan fingerprint density at radius 2 is 2.00 bits per heavy atom. The van der Waals surface area contributed by atoms with Crippen LogP contribution in [0.1, 0.15) is 0 Å². The van der Waals surface area contributed by atoms with Gasteiger partial charge in [-0.1, -0.05) is 0 Å². The van der Waals surface area contributed by atoms with E-state index < -0.39 is 0 Å². The summed E-state index contributed by atoms with van der Waals surface area (Å²) >= 11 is 3.50. The predicted molar refractivity (Wildman–Crippen MR) is 19.5 cm³/mol. The maximum Gasteiger partial charge on any atom is 0 e. The molecule has 0 N–H and O–H groups in total. The Hall–Kier alpha value is 1.12. The fourth-order valence-electron chi connectivity index (χ4n) is 0. The zero-order valence-corrected chi connectivity index (χ0v) is 6.37. The Kier molecular flexibility index (Phi) is 16.9. The second kappa shape index (κ2) is 8.93. The molecule has 1 radical (unpaired) electrons. The van der Waals surface area contributed by atoms with Crippen LogP contribution >= 0.6 is 12.6 Å². The Bertz CT molecular complexity index is 23.6. The van der Waals surface area contributed by atoms with Crippen LogP contribution in [0.15, 0.2) is 0 Å². The van der Waals surface area contributed by atoms with Gasteiger partial charge in [0, 0.05) is 32.7 Å². The third-order valence-corrected chi connectivity index (χ3v) is 0.194. The molecular weight excluding hydrogens is 161 g/mol. The molecule has 1 nitrogen and oxygen atoms in total. The van der Waals surface area contributed by atoms with E-state index in [0.717, 1.165) is 0 Å². The molecule has 3 heteroatoms.